The van der Waals surface area contributed by atoms with Crippen LogP contribution in [-0.2, 0) is 0 Å². The van der Waals surface area contributed by atoms with Crippen LogP contribution in [0.15, 0.2) is 54.7 Å². The number of carbonyl (C=O) groups is 1. The van der Waals surface area contributed by atoms with Gasteiger partial charge in [-0.05, 0) is 61.4 Å². The minimum absolute atomic E-state index is 0.279. The van der Waals surface area contributed by atoms with Gasteiger partial charge in [-0.1, -0.05) is 12.1 Å². The molecule has 0 saturated heterocycles. The molecule has 1 amide bonds. The predicted molar refractivity (Wildman–Crippen MR) is 110 cm³/mol. The number of nitrogens with one attached hydrogen (secondary N) is 2. The van der Waals surface area contributed by atoms with E-state index in [1.165, 1.54) is 0 Å². The summed E-state index contributed by atoms with van der Waals surface area (Å²) in [5.41, 5.74) is 5.22. The minimum atomic E-state index is -0.279. The van der Waals surface area contributed by atoms with Gasteiger partial charge in [0, 0.05) is 37.4 Å². The number of benzene rings is 2. The van der Waals surface area contributed by atoms with E-state index in [1.807, 2.05) is 75.3 Å². The first kappa shape index (κ1) is 18.4. The first-order valence-corrected chi connectivity index (χ1v) is 8.68. The number of hydrogen-bond donors (Lipinski definition) is 2. The highest BCUT2D eigenvalue weighted by atomic mass is 16.1. The maximum Gasteiger partial charge on any atom is 0.274 e. The summed E-state index contributed by atoms with van der Waals surface area (Å²) in [4.78, 5) is 23.1. The van der Waals surface area contributed by atoms with E-state index in [0.717, 1.165) is 22.5 Å². The average Bonchev–Trinajstić information content (AvgIpc) is 2.65. The number of anilines is 4. The van der Waals surface area contributed by atoms with Gasteiger partial charge < -0.3 is 15.5 Å². The number of amides is 1. The van der Waals surface area contributed by atoms with E-state index in [4.69, 9.17) is 0 Å². The fourth-order valence-corrected chi connectivity index (χ4v) is 2.57. The Morgan fingerprint density at radius 1 is 1.00 bits per heavy atom. The molecule has 27 heavy (non-hydrogen) atoms. The molecule has 0 aliphatic heterocycles. The quantitative estimate of drug-likeness (QED) is 0.714. The molecule has 3 aromatic rings. The molecule has 2 aromatic carbocycles. The second-order valence-corrected chi connectivity index (χ2v) is 6.60. The fourth-order valence-electron chi connectivity index (χ4n) is 2.57. The fraction of sp³-hybridized carbons (Fsp3) is 0.190. The van der Waals surface area contributed by atoms with Crippen molar-refractivity contribution in [1.82, 2.24) is 9.97 Å². The molecule has 0 bridgehead atoms. The van der Waals surface area contributed by atoms with E-state index in [-0.39, 0.29) is 5.91 Å². The van der Waals surface area contributed by atoms with Crippen LogP contribution in [-0.4, -0.2) is 30.0 Å². The van der Waals surface area contributed by atoms with Crippen LogP contribution < -0.4 is 15.5 Å². The molecule has 0 radical (unpaired) electrons. The zero-order valence-electron chi connectivity index (χ0n) is 15.9. The second kappa shape index (κ2) is 7.86. The summed E-state index contributed by atoms with van der Waals surface area (Å²) < 4.78 is 0. The molecule has 2 N–H and O–H groups in total. The van der Waals surface area contributed by atoms with Crippen LogP contribution in [0.3, 0.4) is 0 Å². The lowest BCUT2D eigenvalue weighted by Gasteiger charge is -2.13. The van der Waals surface area contributed by atoms with Crippen molar-refractivity contribution in [3.05, 3.63) is 71.5 Å². The zero-order valence-corrected chi connectivity index (χ0v) is 15.9. The number of hydrogen-bond acceptors (Lipinski definition) is 5. The molecule has 6 heteroatoms. The van der Waals surface area contributed by atoms with Gasteiger partial charge in [-0.15, -0.1) is 0 Å². The van der Waals surface area contributed by atoms with Crippen LogP contribution >= 0.6 is 0 Å². The van der Waals surface area contributed by atoms with E-state index in [1.54, 1.807) is 12.3 Å². The summed E-state index contributed by atoms with van der Waals surface area (Å²) in [5, 5.41) is 6.04. The van der Waals surface area contributed by atoms with Crippen LogP contribution in [0.4, 0.5) is 23.0 Å². The van der Waals surface area contributed by atoms with Gasteiger partial charge in [-0.3, -0.25) is 4.79 Å². The molecule has 1 heterocycles. The Hall–Kier alpha value is -3.41. The van der Waals surface area contributed by atoms with Gasteiger partial charge in [0.15, 0.2) is 0 Å². The van der Waals surface area contributed by atoms with E-state index >= 15 is 0 Å². The molecule has 0 saturated carbocycles. The third-order valence-electron chi connectivity index (χ3n) is 4.17. The van der Waals surface area contributed by atoms with Crippen LogP contribution in [0.1, 0.15) is 21.6 Å². The lowest BCUT2D eigenvalue weighted by molar-refractivity contribution is 0.102. The topological polar surface area (TPSA) is 70.2 Å². The van der Waals surface area contributed by atoms with E-state index < -0.39 is 0 Å². The highest BCUT2D eigenvalue weighted by Gasteiger charge is 2.10. The van der Waals surface area contributed by atoms with E-state index in [9.17, 15) is 4.79 Å². The lowest BCUT2D eigenvalue weighted by Crippen LogP contribution is -2.15. The Bertz CT molecular complexity index is 951. The van der Waals surface area contributed by atoms with Crippen molar-refractivity contribution in [3.63, 3.8) is 0 Å². The first-order valence-electron chi connectivity index (χ1n) is 8.68. The smallest absolute Gasteiger partial charge is 0.274 e. The van der Waals surface area contributed by atoms with Crippen molar-refractivity contribution in [3.8, 4) is 0 Å². The number of aromatic nitrogens is 2. The van der Waals surface area contributed by atoms with Gasteiger partial charge in [0.05, 0.1) is 0 Å². The molecule has 0 aliphatic rings. The molecule has 0 spiro atoms. The summed E-state index contributed by atoms with van der Waals surface area (Å²) in [6, 6.07) is 15.3. The van der Waals surface area contributed by atoms with Crippen molar-refractivity contribution in [2.45, 2.75) is 13.8 Å². The number of carbonyl (C=O) groups excluding carboxylic acids is 1. The summed E-state index contributed by atoms with van der Waals surface area (Å²) in [5.74, 6) is 0.110. The van der Waals surface area contributed by atoms with Gasteiger partial charge in [0.25, 0.3) is 5.91 Å². The maximum atomic E-state index is 12.5. The molecule has 3 rings (SSSR count). The Labute approximate surface area is 159 Å². The number of nitrogens with zero attached hydrogens (tertiary/aromatic N) is 3. The van der Waals surface area contributed by atoms with Crippen LogP contribution in [0, 0.1) is 13.8 Å². The Morgan fingerprint density at radius 3 is 2.44 bits per heavy atom. The minimum Gasteiger partial charge on any atom is -0.378 e. The van der Waals surface area contributed by atoms with Gasteiger partial charge >= 0.3 is 0 Å². The Balaban J connectivity index is 1.74. The van der Waals surface area contributed by atoms with Crippen molar-refractivity contribution >= 4 is 28.9 Å². The summed E-state index contributed by atoms with van der Waals surface area (Å²) in [6.07, 6.45) is 1.57. The molecular formula is C21H23N5O. The lowest BCUT2D eigenvalue weighted by atomic mass is 10.1. The molecule has 0 atom stereocenters. The van der Waals surface area contributed by atoms with Crippen LogP contribution in [0.5, 0.6) is 0 Å². The van der Waals surface area contributed by atoms with Crippen molar-refractivity contribution in [2.75, 3.05) is 29.6 Å². The molecule has 138 valence electrons. The second-order valence-electron chi connectivity index (χ2n) is 6.60. The van der Waals surface area contributed by atoms with E-state index in [0.29, 0.717) is 17.3 Å². The number of aryl methyl sites for hydroxylation is 2. The monoisotopic (exact) mass is 361 g/mol. The molecule has 0 aliphatic carbocycles. The highest BCUT2D eigenvalue weighted by Crippen LogP contribution is 2.20. The average molecular weight is 361 g/mol. The summed E-state index contributed by atoms with van der Waals surface area (Å²) in [6.45, 7) is 4.03. The summed E-state index contributed by atoms with van der Waals surface area (Å²) >= 11 is 0. The largest absolute Gasteiger partial charge is 0.378 e. The zero-order chi connectivity index (χ0) is 19.4. The SMILES string of the molecule is Cc1ccc(C)c(Nc2nccc(C(=O)Nc3ccc(N(C)C)cc3)n2)c1. The molecule has 1 aromatic heterocycles. The van der Waals surface area contributed by atoms with Gasteiger partial charge in [-0.25, -0.2) is 9.97 Å². The molecule has 0 fully saturated rings. The number of rotatable bonds is 5. The van der Waals surface area contributed by atoms with Crippen molar-refractivity contribution in [1.29, 1.82) is 0 Å². The summed E-state index contributed by atoms with van der Waals surface area (Å²) in [7, 11) is 3.94. The van der Waals surface area contributed by atoms with Crippen LogP contribution in [0.25, 0.3) is 0 Å². The first-order chi connectivity index (χ1) is 12.9. The molecule has 0 unspecified atom stereocenters. The Kier molecular flexibility index (Phi) is 5.35. The van der Waals surface area contributed by atoms with Crippen molar-refractivity contribution in [2.24, 2.45) is 0 Å². The highest BCUT2D eigenvalue weighted by molar-refractivity contribution is 6.03. The van der Waals surface area contributed by atoms with E-state index in [2.05, 4.69) is 20.6 Å². The van der Waals surface area contributed by atoms with Gasteiger partial charge in [-0.2, -0.15) is 0 Å². The Morgan fingerprint density at radius 2 is 1.74 bits per heavy atom. The third-order valence-corrected chi connectivity index (χ3v) is 4.17. The van der Waals surface area contributed by atoms with Gasteiger partial charge in [0.1, 0.15) is 5.69 Å². The van der Waals surface area contributed by atoms with Crippen molar-refractivity contribution < 1.29 is 4.79 Å². The normalized spacial score (nSPS) is 10.4. The van der Waals surface area contributed by atoms with Crippen LogP contribution in [0.2, 0.25) is 0 Å². The predicted octanol–water partition coefficient (Wildman–Crippen LogP) is 4.16. The molecular weight excluding hydrogens is 338 g/mol. The standard InChI is InChI=1S/C21H23N5O/c1-14-5-6-15(2)19(13-14)25-21-22-12-11-18(24-21)20(27)23-16-7-9-17(10-8-16)26(3)4/h5-13H,1-4H3,(H,23,27)(H,22,24,25). The third kappa shape index (κ3) is 4.61. The maximum absolute atomic E-state index is 12.5. The molecule has 6 nitrogen and oxygen atoms in total. The van der Waals surface area contributed by atoms with Gasteiger partial charge in [0.2, 0.25) is 5.95 Å².